The number of hydrogen-bond donors (Lipinski definition) is 0. The summed E-state index contributed by atoms with van der Waals surface area (Å²) in [7, 11) is 0. The number of pyridine rings is 2. The average Bonchev–Trinajstić information content (AvgIpc) is 2.94. The van der Waals surface area contributed by atoms with E-state index >= 15 is 0 Å². The third kappa shape index (κ3) is 7.80. The normalized spacial score (nSPS) is 14.0. The minimum Gasteiger partial charge on any atom is -0.267 e. The molecule has 0 aliphatic heterocycles. The average molecular weight is 593 g/mol. The van der Waals surface area contributed by atoms with Crippen molar-refractivity contribution in [1.82, 2.24) is 19.7 Å². The van der Waals surface area contributed by atoms with Crippen molar-refractivity contribution < 1.29 is 30.7 Å². The smallest absolute Gasteiger partial charge is 0.267 e. The van der Waals surface area contributed by atoms with Crippen LogP contribution in [0.5, 0.6) is 0 Å². The van der Waals surface area contributed by atoms with E-state index < -0.39 is 47.6 Å². The van der Waals surface area contributed by atoms with Gasteiger partial charge in [-0.2, -0.15) is 18.3 Å². The molecule has 1 aromatic carbocycles. The molecule has 0 saturated heterocycles. The summed E-state index contributed by atoms with van der Waals surface area (Å²) >= 11 is 0. The van der Waals surface area contributed by atoms with Gasteiger partial charge in [-0.15, -0.1) is 0 Å². The summed E-state index contributed by atoms with van der Waals surface area (Å²) in [5.74, 6) is -1.12. The Hall–Kier alpha value is -4.09. The quantitative estimate of drug-likeness (QED) is 0.220. The van der Waals surface area contributed by atoms with Crippen LogP contribution in [0.15, 0.2) is 65.6 Å². The zero-order valence-corrected chi connectivity index (χ0v) is 22.5. The summed E-state index contributed by atoms with van der Waals surface area (Å²) in [5.41, 5.74) is -0.967. The largest absolute Gasteiger partial charge is 0.418 e. The van der Waals surface area contributed by atoms with Gasteiger partial charge in [0.05, 0.1) is 23.5 Å². The summed E-state index contributed by atoms with van der Waals surface area (Å²) in [6.45, 7) is 1.14. The fraction of sp³-hybridized carbons (Fsp3) is 0.333. The number of benzene rings is 1. The third-order valence-electron chi connectivity index (χ3n) is 6.81. The second-order valence-electron chi connectivity index (χ2n) is 9.97. The SMILES string of the molecule is Cc1cc(F)cc(F)c1.O=c1c(C2CCCCC2)cc(-c2cccc(C(F)F)n2)nn1Cc1ncccc1C(F)(F)F. The molecule has 3 aromatic heterocycles. The molecule has 3 heterocycles. The van der Waals surface area contributed by atoms with Crippen LogP contribution in [-0.2, 0) is 12.7 Å². The molecule has 0 bridgehead atoms. The predicted octanol–water partition coefficient (Wildman–Crippen LogP) is 8.03. The Morgan fingerprint density at radius 1 is 0.929 bits per heavy atom. The van der Waals surface area contributed by atoms with Crippen molar-refractivity contribution >= 4 is 0 Å². The Morgan fingerprint density at radius 3 is 2.24 bits per heavy atom. The summed E-state index contributed by atoms with van der Waals surface area (Å²) < 4.78 is 92.0. The number of alkyl halides is 5. The van der Waals surface area contributed by atoms with Gasteiger partial charge in [-0.1, -0.05) is 25.3 Å². The van der Waals surface area contributed by atoms with Crippen LogP contribution >= 0.6 is 0 Å². The van der Waals surface area contributed by atoms with Gasteiger partial charge in [-0.25, -0.2) is 27.2 Å². The van der Waals surface area contributed by atoms with E-state index in [1.54, 1.807) is 6.92 Å². The highest BCUT2D eigenvalue weighted by atomic mass is 19.4. The van der Waals surface area contributed by atoms with Gasteiger partial charge in [-0.3, -0.25) is 9.78 Å². The molecule has 1 saturated carbocycles. The molecule has 0 atom stereocenters. The zero-order valence-electron chi connectivity index (χ0n) is 22.5. The first kappa shape index (κ1) is 30.9. The lowest BCUT2D eigenvalue weighted by atomic mass is 9.84. The van der Waals surface area contributed by atoms with E-state index in [0.717, 1.165) is 48.9 Å². The van der Waals surface area contributed by atoms with Crippen LogP contribution < -0.4 is 5.56 Å². The van der Waals surface area contributed by atoms with Gasteiger partial charge in [0.15, 0.2) is 0 Å². The van der Waals surface area contributed by atoms with Crippen LogP contribution in [-0.4, -0.2) is 19.7 Å². The fourth-order valence-electron chi connectivity index (χ4n) is 4.87. The molecular weight excluding hydrogens is 565 g/mol. The molecule has 42 heavy (non-hydrogen) atoms. The van der Waals surface area contributed by atoms with Gasteiger partial charge in [-0.05, 0) is 73.7 Å². The maximum Gasteiger partial charge on any atom is 0.418 e. The highest BCUT2D eigenvalue weighted by Gasteiger charge is 2.34. The van der Waals surface area contributed by atoms with Crippen molar-refractivity contribution in [3.63, 3.8) is 0 Å². The van der Waals surface area contributed by atoms with Crippen LogP contribution in [0, 0.1) is 18.6 Å². The molecule has 0 spiro atoms. The van der Waals surface area contributed by atoms with Crippen LogP contribution in [0.3, 0.4) is 0 Å². The molecule has 222 valence electrons. The van der Waals surface area contributed by atoms with Crippen molar-refractivity contribution in [2.45, 2.75) is 64.1 Å². The van der Waals surface area contributed by atoms with Gasteiger partial charge in [0.2, 0.25) is 0 Å². The van der Waals surface area contributed by atoms with Crippen LogP contribution in [0.4, 0.5) is 30.7 Å². The molecule has 0 amide bonds. The molecule has 1 aliphatic carbocycles. The van der Waals surface area contributed by atoms with Crippen LogP contribution in [0.1, 0.15) is 72.5 Å². The Balaban J connectivity index is 0.000000385. The first-order valence-electron chi connectivity index (χ1n) is 13.2. The first-order valence-corrected chi connectivity index (χ1v) is 13.2. The standard InChI is InChI=1S/C23H21F5N4O.C7H6F2/c24-21(25)18-10-4-9-17(30-18)19-12-15(14-6-2-1-3-7-14)22(33)32(31-19)13-20-16(23(26,27)28)8-5-11-29-20;1-5-2-6(8)4-7(9)3-5/h4-5,8-12,14,21H,1-3,6-7,13H2;2-4H,1H3. The van der Waals surface area contributed by atoms with Gasteiger partial charge in [0.25, 0.3) is 12.0 Å². The number of aryl methyl sites for hydroxylation is 1. The molecular formula is C30H27F7N4O. The van der Waals surface area contributed by atoms with Crippen molar-refractivity contribution in [1.29, 1.82) is 0 Å². The lowest BCUT2D eigenvalue weighted by Gasteiger charge is -2.22. The molecule has 0 unspecified atom stereocenters. The van der Waals surface area contributed by atoms with Crippen LogP contribution in [0.2, 0.25) is 0 Å². The van der Waals surface area contributed by atoms with E-state index in [-0.39, 0.29) is 23.0 Å². The molecule has 0 radical (unpaired) electrons. The summed E-state index contributed by atoms with van der Waals surface area (Å²) in [5, 5.41) is 4.21. The number of halogens is 7. The summed E-state index contributed by atoms with van der Waals surface area (Å²) in [6, 6.07) is 11.1. The maximum atomic E-state index is 13.5. The van der Waals surface area contributed by atoms with Gasteiger partial charge < -0.3 is 0 Å². The topological polar surface area (TPSA) is 60.7 Å². The summed E-state index contributed by atoms with van der Waals surface area (Å²) in [4.78, 5) is 21.0. The van der Waals surface area contributed by atoms with E-state index in [9.17, 15) is 35.5 Å². The van der Waals surface area contributed by atoms with E-state index in [4.69, 9.17) is 0 Å². The Kier molecular flexibility index (Phi) is 9.74. The molecule has 0 N–H and O–H groups in total. The van der Waals surface area contributed by atoms with E-state index in [0.29, 0.717) is 11.1 Å². The lowest BCUT2D eigenvalue weighted by Crippen LogP contribution is -2.30. The van der Waals surface area contributed by atoms with Crippen LogP contribution in [0.25, 0.3) is 11.4 Å². The van der Waals surface area contributed by atoms with E-state index in [2.05, 4.69) is 15.1 Å². The Morgan fingerprint density at radius 2 is 1.62 bits per heavy atom. The molecule has 12 heteroatoms. The minimum atomic E-state index is -4.65. The number of rotatable bonds is 5. The van der Waals surface area contributed by atoms with E-state index in [1.807, 2.05) is 0 Å². The number of nitrogens with zero attached hydrogens (tertiary/aromatic N) is 4. The molecule has 5 nitrogen and oxygen atoms in total. The van der Waals surface area contributed by atoms with Gasteiger partial charge in [0, 0.05) is 17.8 Å². The highest BCUT2D eigenvalue weighted by molar-refractivity contribution is 5.55. The molecule has 1 fully saturated rings. The van der Waals surface area contributed by atoms with Crippen molar-refractivity contribution in [2.75, 3.05) is 0 Å². The monoisotopic (exact) mass is 592 g/mol. The second-order valence-corrected chi connectivity index (χ2v) is 9.97. The fourth-order valence-corrected chi connectivity index (χ4v) is 4.87. The number of hydrogen-bond acceptors (Lipinski definition) is 4. The zero-order chi connectivity index (χ0) is 30.4. The molecule has 1 aliphatic rings. The van der Waals surface area contributed by atoms with E-state index in [1.165, 1.54) is 48.7 Å². The summed E-state index contributed by atoms with van der Waals surface area (Å²) in [6.07, 6.45) is -1.79. The van der Waals surface area contributed by atoms with Gasteiger partial charge >= 0.3 is 6.18 Å². The van der Waals surface area contributed by atoms with Crippen molar-refractivity contribution in [3.05, 3.63) is 111 Å². The van der Waals surface area contributed by atoms with Crippen molar-refractivity contribution in [3.8, 4) is 11.4 Å². The van der Waals surface area contributed by atoms with Gasteiger partial charge in [0.1, 0.15) is 23.0 Å². The van der Waals surface area contributed by atoms with Crippen molar-refractivity contribution in [2.24, 2.45) is 0 Å². The first-order chi connectivity index (χ1) is 19.9. The maximum absolute atomic E-state index is 13.5. The molecule has 4 aromatic rings. The molecule has 5 rings (SSSR count). The highest BCUT2D eigenvalue weighted by Crippen LogP contribution is 2.33. The minimum absolute atomic E-state index is 0.0802. The lowest BCUT2D eigenvalue weighted by molar-refractivity contribution is -0.138. The predicted molar refractivity (Wildman–Crippen MR) is 142 cm³/mol. The second kappa shape index (κ2) is 13.3. The third-order valence-corrected chi connectivity index (χ3v) is 6.81. The number of aromatic nitrogens is 4. The Bertz CT molecular complexity index is 1530. The Labute approximate surface area is 237 Å².